The number of unbranched alkanes of at least 4 members (excludes halogenated alkanes) is 1. The number of aryl methyl sites for hydroxylation is 2. The molecule has 0 saturated carbocycles. The highest BCUT2D eigenvalue weighted by atomic mass is 16.3. The van der Waals surface area contributed by atoms with Gasteiger partial charge in [0.2, 0.25) is 0 Å². The van der Waals surface area contributed by atoms with Crippen molar-refractivity contribution in [1.29, 1.82) is 0 Å². The summed E-state index contributed by atoms with van der Waals surface area (Å²) >= 11 is 0. The zero-order valence-corrected chi connectivity index (χ0v) is 10.9. The average Bonchev–Trinajstić information content (AvgIpc) is 2.14. The van der Waals surface area contributed by atoms with Gasteiger partial charge in [-0.2, -0.15) is 0 Å². The predicted molar refractivity (Wildman–Crippen MR) is 69.8 cm³/mol. The SMILES string of the molecule is [CH2]CCCc1cc(C(C)(C)C)c(O)cc1C. The second-order valence-corrected chi connectivity index (χ2v) is 5.50. The molecule has 16 heavy (non-hydrogen) atoms. The summed E-state index contributed by atoms with van der Waals surface area (Å²) in [6.45, 7) is 12.3. The van der Waals surface area contributed by atoms with Gasteiger partial charge in [0.05, 0.1) is 0 Å². The molecule has 0 aliphatic heterocycles. The molecule has 1 aromatic rings. The molecular weight excluding hydrogens is 196 g/mol. The van der Waals surface area contributed by atoms with Crippen molar-refractivity contribution in [3.05, 3.63) is 35.7 Å². The van der Waals surface area contributed by atoms with E-state index in [4.69, 9.17) is 0 Å². The van der Waals surface area contributed by atoms with E-state index in [-0.39, 0.29) is 5.41 Å². The molecule has 0 unspecified atom stereocenters. The number of aromatic hydroxyl groups is 1. The van der Waals surface area contributed by atoms with Crippen LogP contribution in [0.2, 0.25) is 0 Å². The summed E-state index contributed by atoms with van der Waals surface area (Å²) in [5, 5.41) is 9.96. The van der Waals surface area contributed by atoms with Crippen molar-refractivity contribution >= 4 is 0 Å². The van der Waals surface area contributed by atoms with Crippen molar-refractivity contribution in [3.8, 4) is 5.75 Å². The molecule has 0 aliphatic carbocycles. The number of phenols is 1. The molecule has 1 radical (unpaired) electrons. The summed E-state index contributed by atoms with van der Waals surface area (Å²) in [5.41, 5.74) is 3.55. The molecule has 1 rings (SSSR count). The fourth-order valence-corrected chi connectivity index (χ4v) is 1.92. The van der Waals surface area contributed by atoms with Crippen molar-refractivity contribution in [1.82, 2.24) is 0 Å². The van der Waals surface area contributed by atoms with Gasteiger partial charge in [-0.3, -0.25) is 0 Å². The third-order valence-corrected chi connectivity index (χ3v) is 2.96. The van der Waals surface area contributed by atoms with E-state index in [2.05, 4.69) is 40.7 Å². The van der Waals surface area contributed by atoms with Gasteiger partial charge in [0, 0.05) is 0 Å². The van der Waals surface area contributed by atoms with Crippen molar-refractivity contribution in [2.75, 3.05) is 0 Å². The van der Waals surface area contributed by atoms with Crippen LogP contribution in [0.5, 0.6) is 5.75 Å². The van der Waals surface area contributed by atoms with Gasteiger partial charge in [0.25, 0.3) is 0 Å². The molecule has 0 atom stereocenters. The van der Waals surface area contributed by atoms with Crippen LogP contribution in [0, 0.1) is 13.8 Å². The molecular formula is C15H23O. The van der Waals surface area contributed by atoms with E-state index in [1.54, 1.807) is 0 Å². The van der Waals surface area contributed by atoms with Crippen LogP contribution in [-0.4, -0.2) is 5.11 Å². The number of rotatable bonds is 3. The number of phenolic OH excluding ortho intramolecular Hbond substituents is 1. The number of hydrogen-bond donors (Lipinski definition) is 1. The van der Waals surface area contributed by atoms with E-state index in [1.165, 1.54) is 11.1 Å². The van der Waals surface area contributed by atoms with Gasteiger partial charge in [0.15, 0.2) is 0 Å². The fraction of sp³-hybridized carbons (Fsp3) is 0.533. The third kappa shape index (κ3) is 3.01. The average molecular weight is 219 g/mol. The number of hydrogen-bond acceptors (Lipinski definition) is 1. The zero-order valence-electron chi connectivity index (χ0n) is 10.9. The molecule has 0 fully saturated rings. The molecule has 1 aromatic carbocycles. The minimum Gasteiger partial charge on any atom is -0.508 e. The van der Waals surface area contributed by atoms with Gasteiger partial charge in [-0.15, -0.1) is 0 Å². The molecule has 0 aromatic heterocycles. The normalized spacial score (nSPS) is 11.8. The van der Waals surface area contributed by atoms with Gasteiger partial charge in [-0.25, -0.2) is 0 Å². The highest BCUT2D eigenvalue weighted by Gasteiger charge is 2.19. The van der Waals surface area contributed by atoms with Crippen LogP contribution in [0.25, 0.3) is 0 Å². The molecule has 1 heteroatoms. The molecule has 0 amide bonds. The van der Waals surface area contributed by atoms with Crippen molar-refractivity contribution in [3.63, 3.8) is 0 Å². The third-order valence-electron chi connectivity index (χ3n) is 2.96. The van der Waals surface area contributed by atoms with Gasteiger partial charge >= 0.3 is 0 Å². The van der Waals surface area contributed by atoms with Crippen LogP contribution >= 0.6 is 0 Å². The van der Waals surface area contributed by atoms with E-state index in [9.17, 15) is 5.11 Å². The zero-order chi connectivity index (χ0) is 12.3. The maximum absolute atomic E-state index is 9.96. The Hall–Kier alpha value is -0.980. The molecule has 1 N–H and O–H groups in total. The first-order valence-corrected chi connectivity index (χ1v) is 5.98. The van der Waals surface area contributed by atoms with Crippen LogP contribution in [0.4, 0.5) is 0 Å². The summed E-state index contributed by atoms with van der Waals surface area (Å²) in [4.78, 5) is 0. The maximum atomic E-state index is 9.96. The first kappa shape index (κ1) is 13.1. The van der Waals surface area contributed by atoms with Crippen molar-refractivity contribution in [2.24, 2.45) is 0 Å². The van der Waals surface area contributed by atoms with Crippen LogP contribution in [-0.2, 0) is 11.8 Å². The minimum atomic E-state index is -0.00298. The Kier molecular flexibility index (Phi) is 4.01. The van der Waals surface area contributed by atoms with E-state index in [0.29, 0.717) is 5.75 Å². The van der Waals surface area contributed by atoms with Crippen LogP contribution in [0.15, 0.2) is 12.1 Å². The summed E-state index contributed by atoms with van der Waals surface area (Å²) in [6.07, 6.45) is 3.12. The molecule has 0 bridgehead atoms. The van der Waals surface area contributed by atoms with Crippen LogP contribution in [0.1, 0.15) is 50.3 Å². The Bertz CT molecular complexity index is 358. The molecule has 89 valence electrons. The van der Waals surface area contributed by atoms with E-state index in [0.717, 1.165) is 24.8 Å². The van der Waals surface area contributed by atoms with Gasteiger partial charge in [0.1, 0.15) is 5.75 Å². The van der Waals surface area contributed by atoms with E-state index >= 15 is 0 Å². The molecule has 1 nitrogen and oxygen atoms in total. The standard InChI is InChI=1S/C15H23O/c1-6-7-8-12-10-13(15(3,4)5)14(16)9-11(12)2/h9-10,16H,1,6-8H2,2-5H3. The minimum absolute atomic E-state index is 0.00298. The van der Waals surface area contributed by atoms with Crippen molar-refractivity contribution < 1.29 is 5.11 Å². The van der Waals surface area contributed by atoms with Gasteiger partial charge < -0.3 is 5.11 Å². The van der Waals surface area contributed by atoms with Crippen LogP contribution in [0.3, 0.4) is 0 Å². The fourth-order valence-electron chi connectivity index (χ4n) is 1.92. The topological polar surface area (TPSA) is 20.2 Å². The first-order valence-electron chi connectivity index (χ1n) is 5.98. The second-order valence-electron chi connectivity index (χ2n) is 5.50. The lowest BCUT2D eigenvalue weighted by atomic mass is 9.84. The Morgan fingerprint density at radius 1 is 1.25 bits per heavy atom. The first-order chi connectivity index (χ1) is 7.36. The Morgan fingerprint density at radius 3 is 2.38 bits per heavy atom. The summed E-state index contributed by atoms with van der Waals surface area (Å²) in [6, 6.07) is 4.04. The molecule has 0 aliphatic rings. The highest BCUT2D eigenvalue weighted by Crippen LogP contribution is 2.33. The maximum Gasteiger partial charge on any atom is 0.119 e. The lowest BCUT2D eigenvalue weighted by molar-refractivity contribution is 0.445. The predicted octanol–water partition coefficient (Wildman–Crippen LogP) is 4.15. The Morgan fingerprint density at radius 2 is 1.88 bits per heavy atom. The number of benzene rings is 1. The van der Waals surface area contributed by atoms with Gasteiger partial charge in [-0.1, -0.05) is 40.2 Å². The summed E-state index contributed by atoms with van der Waals surface area (Å²) < 4.78 is 0. The highest BCUT2D eigenvalue weighted by molar-refractivity contribution is 5.44. The van der Waals surface area contributed by atoms with E-state index < -0.39 is 0 Å². The molecule has 0 saturated heterocycles. The smallest absolute Gasteiger partial charge is 0.119 e. The Balaban J connectivity index is 3.11. The largest absolute Gasteiger partial charge is 0.508 e. The van der Waals surface area contributed by atoms with E-state index in [1.807, 2.05) is 6.07 Å². The Labute approximate surface area is 99.5 Å². The lowest BCUT2D eigenvalue weighted by Crippen LogP contribution is -2.12. The van der Waals surface area contributed by atoms with Crippen LogP contribution < -0.4 is 0 Å². The van der Waals surface area contributed by atoms with Crippen molar-refractivity contribution in [2.45, 2.75) is 52.4 Å². The summed E-state index contributed by atoms with van der Waals surface area (Å²) in [5.74, 6) is 0.420. The quantitative estimate of drug-likeness (QED) is 0.809. The monoisotopic (exact) mass is 219 g/mol. The summed E-state index contributed by atoms with van der Waals surface area (Å²) in [7, 11) is 0. The molecule has 0 spiro atoms. The molecule has 0 heterocycles. The van der Waals surface area contributed by atoms with Gasteiger partial charge in [-0.05, 0) is 47.9 Å². The second kappa shape index (κ2) is 4.90. The lowest BCUT2D eigenvalue weighted by Gasteiger charge is -2.22.